The van der Waals surface area contributed by atoms with Crippen LogP contribution >= 0.6 is 0 Å². The molecule has 1 aromatic rings. The van der Waals surface area contributed by atoms with Crippen molar-refractivity contribution >= 4 is 22.3 Å². The third-order valence-corrected chi connectivity index (χ3v) is 3.23. The van der Waals surface area contributed by atoms with Gasteiger partial charge < -0.3 is 17.7 Å². The molecule has 18 heavy (non-hydrogen) atoms. The summed E-state index contributed by atoms with van der Waals surface area (Å²) in [4.78, 5) is 0. The van der Waals surface area contributed by atoms with Crippen molar-refractivity contribution in [3.63, 3.8) is 0 Å². The summed E-state index contributed by atoms with van der Waals surface area (Å²) in [6, 6.07) is 3.40. The Balaban J connectivity index is 2.74. The van der Waals surface area contributed by atoms with Crippen LogP contribution in [0.15, 0.2) is 18.2 Å². The highest BCUT2D eigenvalue weighted by atomic mass is 32.2. The van der Waals surface area contributed by atoms with Crippen molar-refractivity contribution in [1.82, 2.24) is 0 Å². The van der Waals surface area contributed by atoms with Gasteiger partial charge in [0.15, 0.2) is 9.84 Å². The first-order valence-electron chi connectivity index (χ1n) is 5.20. The molecule has 0 saturated carbocycles. The number of aryl methyl sites for hydroxylation is 1. The van der Waals surface area contributed by atoms with E-state index in [0.717, 1.165) is 12.3 Å². The maximum Gasteiger partial charge on any atom is 0.509 e. The largest absolute Gasteiger partial charge is 0.509 e. The van der Waals surface area contributed by atoms with Crippen LogP contribution in [0.2, 0.25) is 0 Å². The first-order chi connectivity index (χ1) is 8.09. The monoisotopic (exact) mass is 281 g/mol. The van der Waals surface area contributed by atoms with Crippen molar-refractivity contribution < 1.29 is 26.1 Å². The summed E-state index contributed by atoms with van der Waals surface area (Å²) in [5, 5.41) is 0. The molecule has 0 fully saturated rings. The lowest BCUT2D eigenvalue weighted by atomic mass is 9.77. The zero-order valence-electron chi connectivity index (χ0n) is 9.99. The van der Waals surface area contributed by atoms with E-state index in [1.54, 1.807) is 0 Å². The highest BCUT2D eigenvalue weighted by molar-refractivity contribution is 7.90. The zero-order chi connectivity index (χ0) is 14.0. The molecule has 0 spiro atoms. The number of halogens is 3. The molecule has 0 bridgehead atoms. The van der Waals surface area contributed by atoms with Crippen LogP contribution in [-0.4, -0.2) is 34.0 Å². The van der Waals surface area contributed by atoms with Crippen LogP contribution in [0, 0.1) is 6.92 Å². The first kappa shape index (κ1) is 14.9. The van der Waals surface area contributed by atoms with Crippen LogP contribution in [0.1, 0.15) is 5.56 Å². The van der Waals surface area contributed by atoms with Gasteiger partial charge >= 0.3 is 6.98 Å². The summed E-state index contributed by atoms with van der Waals surface area (Å²) in [6.07, 6.45) is 1.07. The van der Waals surface area contributed by atoms with E-state index in [-0.39, 0.29) is 23.7 Å². The molecule has 102 valence electrons. The van der Waals surface area contributed by atoms with E-state index in [9.17, 15) is 21.4 Å². The van der Waals surface area contributed by atoms with Crippen LogP contribution in [-0.2, 0) is 9.84 Å². The highest BCUT2D eigenvalue weighted by Crippen LogP contribution is 2.17. The standard InChI is InChI=1S/C10H13BF3O3S/c1-8-7-9(17-5-6-18(2,15)16)3-4-10(8)11(12,13)14/h3-4,7H,5-6H2,1-2H3/q-1. The van der Waals surface area contributed by atoms with Gasteiger partial charge in [0.05, 0.1) is 5.75 Å². The predicted molar refractivity (Wildman–Crippen MR) is 65.1 cm³/mol. The number of hydrogen-bond acceptors (Lipinski definition) is 3. The van der Waals surface area contributed by atoms with Gasteiger partial charge in [0.2, 0.25) is 0 Å². The molecule has 0 aliphatic heterocycles. The molecule has 0 saturated heterocycles. The summed E-state index contributed by atoms with van der Waals surface area (Å²) in [5.41, 5.74) is -0.593. The Hall–Kier alpha value is -1.18. The molecule has 8 heteroatoms. The summed E-state index contributed by atoms with van der Waals surface area (Å²) in [6.45, 7) is -3.77. The molecule has 3 nitrogen and oxygen atoms in total. The summed E-state index contributed by atoms with van der Waals surface area (Å²) in [7, 11) is -3.14. The average molecular weight is 281 g/mol. The first-order valence-corrected chi connectivity index (χ1v) is 7.26. The maximum absolute atomic E-state index is 12.5. The van der Waals surface area contributed by atoms with Crippen molar-refractivity contribution in [2.75, 3.05) is 18.6 Å². The van der Waals surface area contributed by atoms with E-state index >= 15 is 0 Å². The Labute approximate surface area is 104 Å². The molecule has 0 aliphatic carbocycles. The molecule has 0 radical (unpaired) electrons. The third kappa shape index (κ3) is 4.60. The van der Waals surface area contributed by atoms with Crippen molar-refractivity contribution in [3.05, 3.63) is 23.8 Å². The lowest BCUT2D eigenvalue weighted by Crippen LogP contribution is -2.35. The molecule has 0 atom stereocenters. The van der Waals surface area contributed by atoms with Gasteiger partial charge in [-0.25, -0.2) is 8.42 Å². The van der Waals surface area contributed by atoms with Crippen LogP contribution in [0.25, 0.3) is 0 Å². The van der Waals surface area contributed by atoms with Crippen molar-refractivity contribution in [2.45, 2.75) is 6.92 Å². The number of benzene rings is 1. The van der Waals surface area contributed by atoms with E-state index in [2.05, 4.69) is 0 Å². The van der Waals surface area contributed by atoms with E-state index in [0.29, 0.717) is 0 Å². The highest BCUT2D eigenvalue weighted by Gasteiger charge is 2.27. The minimum atomic E-state index is -5.03. The van der Waals surface area contributed by atoms with Gasteiger partial charge in [-0.1, -0.05) is 11.6 Å². The van der Waals surface area contributed by atoms with Crippen molar-refractivity contribution in [1.29, 1.82) is 0 Å². The average Bonchev–Trinajstić information content (AvgIpc) is 2.13. The minimum Gasteiger partial charge on any atom is -0.493 e. The van der Waals surface area contributed by atoms with Gasteiger partial charge in [-0.15, -0.1) is 5.46 Å². The molecule has 0 N–H and O–H groups in total. The molecule has 0 amide bonds. The maximum atomic E-state index is 12.5. The van der Waals surface area contributed by atoms with Crippen LogP contribution in [0.4, 0.5) is 12.9 Å². The fourth-order valence-corrected chi connectivity index (χ4v) is 1.80. The Kier molecular flexibility index (Phi) is 4.31. The smallest absolute Gasteiger partial charge is 0.493 e. The molecule has 0 unspecified atom stereocenters. The molecule has 1 aromatic carbocycles. The summed E-state index contributed by atoms with van der Waals surface area (Å²) in [5.74, 6) is 0.0664. The van der Waals surface area contributed by atoms with E-state index in [1.807, 2.05) is 0 Å². The fraction of sp³-hybridized carbons (Fsp3) is 0.400. The molecular weight excluding hydrogens is 268 g/mol. The Morgan fingerprint density at radius 2 is 1.89 bits per heavy atom. The number of rotatable bonds is 5. The van der Waals surface area contributed by atoms with Crippen molar-refractivity contribution in [2.24, 2.45) is 0 Å². The number of hydrogen-bond donors (Lipinski definition) is 0. The zero-order valence-corrected chi connectivity index (χ0v) is 10.8. The van der Waals surface area contributed by atoms with Gasteiger partial charge in [0, 0.05) is 6.26 Å². The fourth-order valence-electron chi connectivity index (χ4n) is 1.42. The van der Waals surface area contributed by atoms with Gasteiger partial charge in [-0.2, -0.15) is 0 Å². The Morgan fingerprint density at radius 1 is 1.28 bits per heavy atom. The second-order valence-corrected chi connectivity index (χ2v) is 6.33. The lowest BCUT2D eigenvalue weighted by molar-refractivity contribution is 0.341. The second kappa shape index (κ2) is 5.21. The summed E-state index contributed by atoms with van der Waals surface area (Å²) < 4.78 is 64.4. The molecule has 0 heterocycles. The Morgan fingerprint density at radius 3 is 2.33 bits per heavy atom. The molecular formula is C10H13BF3O3S-. The van der Waals surface area contributed by atoms with Crippen LogP contribution in [0.5, 0.6) is 5.75 Å². The van der Waals surface area contributed by atoms with Crippen molar-refractivity contribution in [3.8, 4) is 5.75 Å². The van der Waals surface area contributed by atoms with E-state index in [1.165, 1.54) is 19.1 Å². The Bertz CT molecular complexity index is 526. The molecule has 0 aliphatic rings. The predicted octanol–water partition coefficient (Wildman–Crippen LogP) is 1.47. The molecule has 0 aromatic heterocycles. The normalized spacial score (nSPS) is 12.5. The van der Waals surface area contributed by atoms with Gasteiger partial charge in [-0.3, -0.25) is 0 Å². The minimum absolute atomic E-state index is 0.0688. The van der Waals surface area contributed by atoms with Crippen LogP contribution in [0.3, 0.4) is 0 Å². The summed E-state index contributed by atoms with van der Waals surface area (Å²) >= 11 is 0. The SMILES string of the molecule is Cc1cc(OCCS(C)(=O)=O)ccc1[B-](F)(F)F. The number of ether oxygens (including phenoxy) is 1. The number of sulfone groups is 1. The second-order valence-electron chi connectivity index (χ2n) is 4.07. The van der Waals surface area contributed by atoms with Gasteiger partial charge in [0.25, 0.3) is 0 Å². The van der Waals surface area contributed by atoms with Crippen LogP contribution < -0.4 is 10.2 Å². The topological polar surface area (TPSA) is 43.4 Å². The third-order valence-electron chi connectivity index (χ3n) is 2.32. The molecule has 1 rings (SSSR count). The van der Waals surface area contributed by atoms with Gasteiger partial charge in [0.1, 0.15) is 12.4 Å². The van der Waals surface area contributed by atoms with E-state index in [4.69, 9.17) is 4.74 Å². The van der Waals surface area contributed by atoms with Gasteiger partial charge in [-0.05, 0) is 19.1 Å². The quantitative estimate of drug-likeness (QED) is 0.768. The van der Waals surface area contributed by atoms with E-state index < -0.39 is 22.3 Å². The lowest BCUT2D eigenvalue weighted by Gasteiger charge is -2.18.